The molecule has 44 heavy (non-hydrogen) atoms. The first-order valence-corrected chi connectivity index (χ1v) is 13.0. The third-order valence-corrected chi connectivity index (χ3v) is 7.01. The van der Waals surface area contributed by atoms with Crippen molar-refractivity contribution in [2.24, 2.45) is 5.73 Å². The highest BCUT2D eigenvalue weighted by Crippen LogP contribution is 2.38. The van der Waals surface area contributed by atoms with Crippen LogP contribution in [0.2, 0.25) is 5.02 Å². The van der Waals surface area contributed by atoms with Gasteiger partial charge >= 0.3 is 6.18 Å². The van der Waals surface area contributed by atoms with Crippen molar-refractivity contribution < 1.29 is 41.1 Å². The lowest BCUT2D eigenvalue weighted by Crippen LogP contribution is -2.40. The largest absolute Gasteiger partial charge is 0.416 e. The highest BCUT2D eigenvalue weighted by atomic mass is 35.5. The third kappa shape index (κ3) is 6.10. The molecule has 1 unspecified atom stereocenters. The molecule has 1 aliphatic heterocycles. The topological polar surface area (TPSA) is 135 Å². The fourth-order valence-corrected chi connectivity index (χ4v) is 4.96. The van der Waals surface area contributed by atoms with E-state index in [1.807, 2.05) is 0 Å². The highest BCUT2D eigenvalue weighted by molar-refractivity contribution is 6.31. The Hall–Kier alpha value is -5.24. The fraction of sp³-hybridized carbons (Fsp3) is 0.103. The van der Waals surface area contributed by atoms with E-state index in [1.165, 1.54) is 34.9 Å². The molecule has 5 rings (SSSR count). The molecular weight excluding hydrogens is 613 g/mol. The monoisotopic (exact) mass is 631 g/mol. The first-order chi connectivity index (χ1) is 20.7. The van der Waals surface area contributed by atoms with Crippen LogP contribution < -0.4 is 21.7 Å². The van der Waals surface area contributed by atoms with Gasteiger partial charge in [0.2, 0.25) is 11.8 Å². The number of rotatable bonds is 6. The number of hydrogen-bond acceptors (Lipinski definition) is 4. The van der Waals surface area contributed by atoms with Crippen LogP contribution in [-0.2, 0) is 17.5 Å². The standard InChI is InChI=1S/C29H19ClF5N5O4/c30-20-5-4-16(31)10-19(20)24-25-21(38-27(43)14-6-15(29(33,34)35)9-17(32)7-14)11-22(40(25)12-23(41)39-24)28(44)37-18-3-1-2-13(8-18)26(36)42/h1-11,24H,12H2,(H2,36,42)(H,37,44)(H,38,43)(H,39,41). The van der Waals surface area contributed by atoms with Gasteiger partial charge in [0.1, 0.15) is 23.9 Å². The number of carbonyl (C=O) groups excluding carboxylic acids is 4. The van der Waals surface area contributed by atoms with Gasteiger partial charge in [-0.15, -0.1) is 0 Å². The molecule has 1 atom stereocenters. The number of anilines is 2. The molecule has 0 aliphatic carbocycles. The average Bonchev–Trinajstić information content (AvgIpc) is 3.31. The van der Waals surface area contributed by atoms with E-state index in [0.29, 0.717) is 12.1 Å². The first kappa shape index (κ1) is 30.2. The van der Waals surface area contributed by atoms with Crippen LogP contribution in [0.25, 0.3) is 0 Å². The van der Waals surface area contributed by atoms with Crippen molar-refractivity contribution in [2.45, 2.75) is 18.8 Å². The molecule has 0 saturated carbocycles. The van der Waals surface area contributed by atoms with Crippen molar-refractivity contribution in [2.75, 3.05) is 10.6 Å². The second kappa shape index (κ2) is 11.4. The van der Waals surface area contributed by atoms with Gasteiger partial charge < -0.3 is 26.3 Å². The molecule has 0 radical (unpaired) electrons. The van der Waals surface area contributed by atoms with Crippen LogP contribution in [-0.4, -0.2) is 28.2 Å². The van der Waals surface area contributed by atoms with Gasteiger partial charge in [-0.05, 0) is 60.7 Å². The zero-order valence-corrected chi connectivity index (χ0v) is 22.8. The van der Waals surface area contributed by atoms with Crippen molar-refractivity contribution in [1.29, 1.82) is 0 Å². The number of hydrogen-bond donors (Lipinski definition) is 4. The Kier molecular flexibility index (Phi) is 7.86. The molecule has 4 amide bonds. The number of amides is 4. The van der Waals surface area contributed by atoms with E-state index >= 15 is 0 Å². The van der Waals surface area contributed by atoms with E-state index < -0.39 is 65.2 Å². The molecule has 226 valence electrons. The summed E-state index contributed by atoms with van der Waals surface area (Å²) in [6.45, 7) is -0.461. The van der Waals surface area contributed by atoms with Gasteiger partial charge in [-0.3, -0.25) is 19.2 Å². The Morgan fingerprint density at radius 1 is 0.909 bits per heavy atom. The summed E-state index contributed by atoms with van der Waals surface area (Å²) in [5.41, 5.74) is 3.13. The van der Waals surface area contributed by atoms with Crippen LogP contribution in [0.15, 0.2) is 66.7 Å². The van der Waals surface area contributed by atoms with Gasteiger partial charge in [0.15, 0.2) is 0 Å². The number of primary amides is 1. The maximum Gasteiger partial charge on any atom is 0.416 e. The second-order valence-electron chi connectivity index (χ2n) is 9.66. The van der Waals surface area contributed by atoms with Crippen molar-refractivity contribution in [3.05, 3.63) is 117 Å². The Morgan fingerprint density at radius 2 is 1.66 bits per heavy atom. The number of carbonyl (C=O) groups is 4. The SMILES string of the molecule is NC(=O)c1cccc(NC(=O)c2cc(NC(=O)c3cc(F)cc(C(F)(F)F)c3)c3n2CC(=O)NC3c2cc(F)ccc2Cl)c1. The van der Waals surface area contributed by atoms with Crippen LogP contribution in [0.1, 0.15) is 54.1 Å². The molecule has 1 aromatic heterocycles. The molecule has 4 aromatic rings. The number of nitrogens with one attached hydrogen (secondary N) is 3. The molecule has 0 bridgehead atoms. The minimum absolute atomic E-state index is 0.0119. The van der Waals surface area contributed by atoms with E-state index in [-0.39, 0.29) is 45.0 Å². The first-order valence-electron chi connectivity index (χ1n) is 12.6. The highest BCUT2D eigenvalue weighted by Gasteiger charge is 2.36. The van der Waals surface area contributed by atoms with Gasteiger partial charge in [-0.1, -0.05) is 17.7 Å². The quantitative estimate of drug-likeness (QED) is 0.216. The van der Waals surface area contributed by atoms with Crippen LogP contribution in [0.4, 0.5) is 33.3 Å². The Bertz CT molecular complexity index is 1860. The van der Waals surface area contributed by atoms with E-state index in [0.717, 1.165) is 18.2 Å². The fourth-order valence-electron chi connectivity index (χ4n) is 4.74. The van der Waals surface area contributed by atoms with Gasteiger partial charge in [0.05, 0.1) is 23.0 Å². The van der Waals surface area contributed by atoms with Crippen molar-refractivity contribution in [3.8, 4) is 0 Å². The van der Waals surface area contributed by atoms with Crippen molar-refractivity contribution in [3.63, 3.8) is 0 Å². The summed E-state index contributed by atoms with van der Waals surface area (Å²) in [7, 11) is 0. The third-order valence-electron chi connectivity index (χ3n) is 6.66. The predicted molar refractivity (Wildman–Crippen MR) is 148 cm³/mol. The maximum atomic E-state index is 14.3. The van der Waals surface area contributed by atoms with Crippen LogP contribution >= 0.6 is 11.6 Å². The summed E-state index contributed by atoms with van der Waals surface area (Å²) in [6.07, 6.45) is -4.95. The smallest absolute Gasteiger partial charge is 0.366 e. The summed E-state index contributed by atoms with van der Waals surface area (Å²) in [6, 6.07) is 10.1. The number of benzene rings is 3. The van der Waals surface area contributed by atoms with Gasteiger partial charge in [-0.25, -0.2) is 8.78 Å². The lowest BCUT2D eigenvalue weighted by molar-refractivity contribution is -0.137. The van der Waals surface area contributed by atoms with E-state index in [1.54, 1.807) is 0 Å². The molecule has 1 aliphatic rings. The summed E-state index contributed by atoms with van der Waals surface area (Å²) in [4.78, 5) is 51.0. The minimum Gasteiger partial charge on any atom is -0.366 e. The number of nitrogens with zero attached hydrogens (tertiary/aromatic N) is 1. The molecule has 15 heteroatoms. The molecule has 0 saturated heterocycles. The average molecular weight is 632 g/mol. The van der Waals surface area contributed by atoms with E-state index in [2.05, 4.69) is 16.0 Å². The lowest BCUT2D eigenvalue weighted by atomic mass is 10.0. The van der Waals surface area contributed by atoms with Crippen LogP contribution in [0, 0.1) is 11.6 Å². The van der Waals surface area contributed by atoms with Gasteiger partial charge in [0.25, 0.3) is 11.8 Å². The Labute approximate surface area is 249 Å². The molecule has 5 N–H and O–H groups in total. The molecule has 9 nitrogen and oxygen atoms in total. The molecule has 0 spiro atoms. The van der Waals surface area contributed by atoms with E-state index in [4.69, 9.17) is 17.3 Å². The zero-order valence-electron chi connectivity index (χ0n) is 22.1. The number of nitrogens with two attached hydrogens (primary N) is 1. The maximum absolute atomic E-state index is 14.3. The van der Waals surface area contributed by atoms with Crippen LogP contribution in [0.3, 0.4) is 0 Å². The summed E-state index contributed by atoms with van der Waals surface area (Å²) in [5.74, 6) is -5.43. The minimum atomic E-state index is -4.95. The Balaban J connectivity index is 1.62. The molecule has 2 heterocycles. The predicted octanol–water partition coefficient (Wildman–Crippen LogP) is 5.26. The summed E-state index contributed by atoms with van der Waals surface area (Å²) in [5, 5.41) is 7.56. The second-order valence-corrected chi connectivity index (χ2v) is 10.1. The number of halogens is 6. The van der Waals surface area contributed by atoms with Gasteiger partial charge in [-0.2, -0.15) is 13.2 Å². The van der Waals surface area contributed by atoms with Crippen LogP contribution in [0.5, 0.6) is 0 Å². The number of aromatic nitrogens is 1. The van der Waals surface area contributed by atoms with Crippen molar-refractivity contribution >= 4 is 46.6 Å². The lowest BCUT2D eigenvalue weighted by Gasteiger charge is -2.29. The number of fused-ring (bicyclic) bond motifs is 1. The number of alkyl halides is 3. The van der Waals surface area contributed by atoms with E-state index in [9.17, 15) is 41.1 Å². The zero-order chi connectivity index (χ0) is 31.9. The summed E-state index contributed by atoms with van der Waals surface area (Å²) >= 11 is 6.31. The molecule has 0 fully saturated rings. The molecular formula is C29H19ClF5N5O4. The van der Waals surface area contributed by atoms with Crippen molar-refractivity contribution in [1.82, 2.24) is 9.88 Å². The normalized spacial score (nSPS) is 14.4. The summed E-state index contributed by atoms with van der Waals surface area (Å²) < 4.78 is 69.4. The Morgan fingerprint density at radius 3 is 2.36 bits per heavy atom. The molecule has 3 aromatic carbocycles. The van der Waals surface area contributed by atoms with Gasteiger partial charge in [0, 0.05) is 27.4 Å².